The summed E-state index contributed by atoms with van der Waals surface area (Å²) in [5, 5.41) is 0. The predicted molar refractivity (Wildman–Crippen MR) is 93.3 cm³/mol. The lowest BCUT2D eigenvalue weighted by Gasteiger charge is -2.29. The maximum absolute atomic E-state index is 12.5. The van der Waals surface area contributed by atoms with Gasteiger partial charge >= 0.3 is 5.97 Å². The van der Waals surface area contributed by atoms with Crippen LogP contribution in [0.15, 0.2) is 42.5 Å². The van der Waals surface area contributed by atoms with Gasteiger partial charge in [-0.05, 0) is 50.5 Å². The summed E-state index contributed by atoms with van der Waals surface area (Å²) in [4.78, 5) is 26.4. The number of ether oxygens (including phenoxy) is 1. The first kappa shape index (κ1) is 16.2. The van der Waals surface area contributed by atoms with E-state index in [9.17, 15) is 9.59 Å². The molecule has 0 fully saturated rings. The second-order valence-electron chi connectivity index (χ2n) is 6.23. The Morgan fingerprint density at radius 3 is 2.54 bits per heavy atom. The predicted octanol–water partition coefficient (Wildman–Crippen LogP) is 3.44. The van der Waals surface area contributed by atoms with Crippen LogP contribution in [-0.4, -0.2) is 25.0 Å². The molecule has 0 aliphatic carbocycles. The van der Waals surface area contributed by atoms with Gasteiger partial charge in [0.1, 0.15) is 0 Å². The molecule has 0 N–H and O–H groups in total. The summed E-state index contributed by atoms with van der Waals surface area (Å²) in [6.45, 7) is 4.29. The number of esters is 1. The van der Waals surface area contributed by atoms with Crippen molar-refractivity contribution in [3.8, 4) is 0 Å². The summed E-state index contributed by atoms with van der Waals surface area (Å²) in [6, 6.07) is 13.4. The van der Waals surface area contributed by atoms with Crippen LogP contribution in [0.25, 0.3) is 0 Å². The standard InChI is InChI=1S/C20H21NO3/c1-14-10-15(2)12-17(11-14)20(23)24-13-19(22)21-9-5-7-16-6-3-4-8-18(16)21/h3-4,6,8,10-12H,5,7,9,13H2,1-2H3. The minimum absolute atomic E-state index is 0.181. The molecule has 0 saturated heterocycles. The molecule has 0 unspecified atom stereocenters. The zero-order valence-corrected chi connectivity index (χ0v) is 14.0. The van der Waals surface area contributed by atoms with Crippen molar-refractivity contribution in [1.29, 1.82) is 0 Å². The minimum Gasteiger partial charge on any atom is -0.452 e. The average Bonchev–Trinajstić information content (AvgIpc) is 2.58. The Kier molecular flexibility index (Phi) is 4.65. The Balaban J connectivity index is 1.67. The number of aryl methyl sites for hydroxylation is 3. The van der Waals surface area contributed by atoms with Crippen LogP contribution in [0, 0.1) is 13.8 Å². The fourth-order valence-electron chi connectivity index (χ4n) is 3.17. The molecule has 0 spiro atoms. The molecule has 1 aliphatic rings. The van der Waals surface area contributed by atoms with E-state index in [1.165, 1.54) is 0 Å². The molecule has 0 saturated carbocycles. The molecule has 1 heterocycles. The molecule has 0 atom stereocenters. The lowest BCUT2D eigenvalue weighted by Crippen LogP contribution is -2.38. The van der Waals surface area contributed by atoms with E-state index >= 15 is 0 Å². The van der Waals surface area contributed by atoms with Crippen LogP contribution in [0.1, 0.15) is 33.5 Å². The lowest BCUT2D eigenvalue weighted by molar-refractivity contribution is -0.121. The van der Waals surface area contributed by atoms with Gasteiger partial charge in [0, 0.05) is 12.2 Å². The number of benzene rings is 2. The van der Waals surface area contributed by atoms with E-state index in [0.717, 1.165) is 35.2 Å². The molecule has 124 valence electrons. The van der Waals surface area contributed by atoms with Crippen molar-refractivity contribution in [2.24, 2.45) is 0 Å². The van der Waals surface area contributed by atoms with Crippen LogP contribution in [0.2, 0.25) is 0 Å². The molecule has 1 amide bonds. The molecular weight excluding hydrogens is 302 g/mol. The van der Waals surface area contributed by atoms with Gasteiger partial charge in [0.15, 0.2) is 6.61 Å². The summed E-state index contributed by atoms with van der Waals surface area (Å²) < 4.78 is 5.24. The van der Waals surface area contributed by atoms with Gasteiger partial charge in [0.05, 0.1) is 5.56 Å². The number of fused-ring (bicyclic) bond motifs is 1. The van der Waals surface area contributed by atoms with Crippen molar-refractivity contribution in [1.82, 2.24) is 0 Å². The summed E-state index contributed by atoms with van der Waals surface area (Å²) >= 11 is 0. The number of nitrogens with zero attached hydrogens (tertiary/aromatic N) is 1. The third-order valence-electron chi connectivity index (χ3n) is 4.20. The Morgan fingerprint density at radius 2 is 1.79 bits per heavy atom. The van der Waals surface area contributed by atoms with Crippen LogP contribution in [0.5, 0.6) is 0 Å². The summed E-state index contributed by atoms with van der Waals surface area (Å²) in [5.41, 5.74) is 4.57. The highest BCUT2D eigenvalue weighted by Gasteiger charge is 2.23. The van der Waals surface area contributed by atoms with Gasteiger partial charge < -0.3 is 9.64 Å². The highest BCUT2D eigenvalue weighted by Crippen LogP contribution is 2.26. The van der Waals surface area contributed by atoms with Crippen LogP contribution < -0.4 is 4.90 Å². The number of amides is 1. The van der Waals surface area contributed by atoms with E-state index in [-0.39, 0.29) is 12.5 Å². The van der Waals surface area contributed by atoms with E-state index in [2.05, 4.69) is 0 Å². The van der Waals surface area contributed by atoms with Crippen molar-refractivity contribution in [3.63, 3.8) is 0 Å². The Morgan fingerprint density at radius 1 is 1.08 bits per heavy atom. The molecular formula is C20H21NO3. The number of para-hydroxylation sites is 1. The van der Waals surface area contributed by atoms with E-state index in [1.54, 1.807) is 17.0 Å². The number of anilines is 1. The van der Waals surface area contributed by atoms with E-state index in [1.807, 2.05) is 44.2 Å². The van der Waals surface area contributed by atoms with E-state index in [0.29, 0.717) is 12.1 Å². The molecule has 2 aromatic rings. The van der Waals surface area contributed by atoms with Crippen molar-refractivity contribution in [3.05, 3.63) is 64.7 Å². The zero-order valence-electron chi connectivity index (χ0n) is 14.0. The topological polar surface area (TPSA) is 46.6 Å². The van der Waals surface area contributed by atoms with Crippen molar-refractivity contribution in [2.45, 2.75) is 26.7 Å². The van der Waals surface area contributed by atoms with Crippen LogP contribution in [0.4, 0.5) is 5.69 Å². The van der Waals surface area contributed by atoms with Crippen LogP contribution >= 0.6 is 0 Å². The quantitative estimate of drug-likeness (QED) is 0.813. The fourth-order valence-corrected chi connectivity index (χ4v) is 3.17. The van der Waals surface area contributed by atoms with Crippen molar-refractivity contribution in [2.75, 3.05) is 18.1 Å². The van der Waals surface area contributed by atoms with Gasteiger partial charge in [-0.1, -0.05) is 35.4 Å². The molecule has 0 bridgehead atoms. The number of hydrogen-bond acceptors (Lipinski definition) is 3. The fraction of sp³-hybridized carbons (Fsp3) is 0.300. The third kappa shape index (κ3) is 3.48. The van der Waals surface area contributed by atoms with Gasteiger partial charge in [-0.3, -0.25) is 4.79 Å². The van der Waals surface area contributed by atoms with Gasteiger partial charge in [-0.15, -0.1) is 0 Å². The maximum atomic E-state index is 12.5. The van der Waals surface area contributed by atoms with Crippen molar-refractivity contribution < 1.29 is 14.3 Å². The lowest BCUT2D eigenvalue weighted by atomic mass is 10.0. The first-order valence-electron chi connectivity index (χ1n) is 8.18. The molecule has 0 aromatic heterocycles. The molecule has 0 radical (unpaired) electrons. The van der Waals surface area contributed by atoms with E-state index < -0.39 is 5.97 Å². The molecule has 24 heavy (non-hydrogen) atoms. The summed E-state index contributed by atoms with van der Waals surface area (Å²) in [5.74, 6) is -0.639. The van der Waals surface area contributed by atoms with Crippen molar-refractivity contribution >= 4 is 17.6 Å². The van der Waals surface area contributed by atoms with Gasteiger partial charge in [-0.25, -0.2) is 4.79 Å². The molecule has 3 rings (SSSR count). The zero-order chi connectivity index (χ0) is 17.1. The number of rotatable bonds is 3. The second-order valence-corrected chi connectivity index (χ2v) is 6.23. The number of carbonyl (C=O) groups excluding carboxylic acids is 2. The highest BCUT2D eigenvalue weighted by molar-refractivity contribution is 5.98. The number of hydrogen-bond donors (Lipinski definition) is 0. The largest absolute Gasteiger partial charge is 0.452 e. The first-order valence-corrected chi connectivity index (χ1v) is 8.18. The second kappa shape index (κ2) is 6.87. The Hall–Kier alpha value is -2.62. The van der Waals surface area contributed by atoms with Gasteiger partial charge in [0.25, 0.3) is 5.91 Å². The maximum Gasteiger partial charge on any atom is 0.338 e. The third-order valence-corrected chi connectivity index (χ3v) is 4.20. The van der Waals surface area contributed by atoms with Crippen LogP contribution in [-0.2, 0) is 16.0 Å². The smallest absolute Gasteiger partial charge is 0.338 e. The SMILES string of the molecule is Cc1cc(C)cc(C(=O)OCC(=O)N2CCCc3ccccc32)c1. The summed E-state index contributed by atoms with van der Waals surface area (Å²) in [7, 11) is 0. The van der Waals surface area contributed by atoms with Crippen LogP contribution in [0.3, 0.4) is 0 Å². The molecule has 4 nitrogen and oxygen atoms in total. The first-order chi connectivity index (χ1) is 11.5. The summed E-state index contributed by atoms with van der Waals surface area (Å²) in [6.07, 6.45) is 1.90. The normalized spacial score (nSPS) is 13.3. The Labute approximate surface area is 142 Å². The Bertz CT molecular complexity index is 762. The molecule has 1 aliphatic heterocycles. The van der Waals surface area contributed by atoms with Gasteiger partial charge in [-0.2, -0.15) is 0 Å². The highest BCUT2D eigenvalue weighted by atomic mass is 16.5. The minimum atomic E-state index is -0.458. The van der Waals surface area contributed by atoms with Gasteiger partial charge in [0.2, 0.25) is 0 Å². The number of carbonyl (C=O) groups is 2. The molecule has 4 heteroatoms. The monoisotopic (exact) mass is 323 g/mol. The molecule has 2 aromatic carbocycles. The average molecular weight is 323 g/mol. The van der Waals surface area contributed by atoms with E-state index in [4.69, 9.17) is 4.74 Å².